The van der Waals surface area contributed by atoms with Gasteiger partial charge < -0.3 is 15.6 Å². The van der Waals surface area contributed by atoms with Crippen molar-refractivity contribution in [3.8, 4) is 0 Å². The topological polar surface area (TPSA) is 55.5 Å². The Morgan fingerprint density at radius 3 is 2.18 bits per heavy atom. The molecule has 0 aromatic rings. The summed E-state index contributed by atoms with van der Waals surface area (Å²) in [5, 5.41) is 9.01. The molecule has 4 heteroatoms. The van der Waals surface area contributed by atoms with Gasteiger partial charge in [0.1, 0.15) is 0 Å². The van der Waals surface area contributed by atoms with Crippen molar-refractivity contribution in [2.45, 2.75) is 12.8 Å². The molecule has 1 aliphatic heterocycles. The molecule has 1 saturated heterocycles. The smallest absolute Gasteiger partial charge is 0.0501 e. The molecule has 0 saturated carbocycles. The molecular formula is C7H16ClNO2. The molecule has 0 aromatic heterocycles. The van der Waals surface area contributed by atoms with Crippen molar-refractivity contribution in [3.63, 3.8) is 0 Å². The number of nitrogens with two attached hydrogens (primary N) is 1. The molecule has 0 unspecified atom stereocenters. The summed E-state index contributed by atoms with van der Waals surface area (Å²) in [7, 11) is 0. The van der Waals surface area contributed by atoms with Gasteiger partial charge in [0.2, 0.25) is 0 Å². The van der Waals surface area contributed by atoms with E-state index in [1.54, 1.807) is 0 Å². The standard InChI is InChI=1S/C7H15NO2.ClH/c8-5-7(6-9)1-3-10-4-2-7;/h9H,1-6,8H2;1H. The van der Waals surface area contributed by atoms with Gasteiger partial charge in [0, 0.05) is 25.2 Å². The van der Waals surface area contributed by atoms with Crippen molar-refractivity contribution in [1.29, 1.82) is 0 Å². The van der Waals surface area contributed by atoms with Crippen LogP contribution in [0.3, 0.4) is 0 Å². The van der Waals surface area contributed by atoms with Gasteiger partial charge in [0.15, 0.2) is 0 Å². The van der Waals surface area contributed by atoms with Crippen LogP contribution in [-0.4, -0.2) is 31.5 Å². The first-order valence-corrected chi connectivity index (χ1v) is 3.72. The van der Waals surface area contributed by atoms with Gasteiger partial charge in [0.25, 0.3) is 0 Å². The summed E-state index contributed by atoms with van der Waals surface area (Å²) in [5.74, 6) is 0. The van der Waals surface area contributed by atoms with Crippen molar-refractivity contribution in [2.24, 2.45) is 11.1 Å². The largest absolute Gasteiger partial charge is 0.396 e. The highest BCUT2D eigenvalue weighted by Crippen LogP contribution is 2.27. The van der Waals surface area contributed by atoms with Gasteiger partial charge in [-0.05, 0) is 12.8 Å². The average Bonchev–Trinajstić information content (AvgIpc) is 2.06. The van der Waals surface area contributed by atoms with Crippen LogP contribution < -0.4 is 5.73 Å². The molecule has 0 spiro atoms. The molecule has 0 bridgehead atoms. The van der Waals surface area contributed by atoms with Crippen molar-refractivity contribution in [2.75, 3.05) is 26.4 Å². The predicted octanol–water partition coefficient (Wildman–Crippen LogP) is 0.156. The Labute approximate surface area is 73.3 Å². The second-order valence-corrected chi connectivity index (χ2v) is 2.97. The zero-order valence-corrected chi connectivity index (χ0v) is 7.40. The first-order chi connectivity index (χ1) is 4.83. The lowest BCUT2D eigenvalue weighted by molar-refractivity contribution is -0.0108. The van der Waals surface area contributed by atoms with E-state index in [0.717, 1.165) is 26.1 Å². The second-order valence-electron chi connectivity index (χ2n) is 2.97. The Balaban J connectivity index is 0.000001000. The van der Waals surface area contributed by atoms with E-state index < -0.39 is 0 Å². The molecule has 3 nitrogen and oxygen atoms in total. The molecule has 0 atom stereocenters. The van der Waals surface area contributed by atoms with Crippen LogP contribution >= 0.6 is 12.4 Å². The number of rotatable bonds is 2. The van der Waals surface area contributed by atoms with Gasteiger partial charge in [0.05, 0.1) is 6.61 Å². The maximum atomic E-state index is 9.01. The van der Waals surface area contributed by atoms with Crippen LogP contribution in [-0.2, 0) is 4.74 Å². The number of halogens is 1. The first-order valence-electron chi connectivity index (χ1n) is 3.72. The third kappa shape index (κ3) is 2.60. The summed E-state index contributed by atoms with van der Waals surface area (Å²) < 4.78 is 5.16. The number of hydrogen-bond acceptors (Lipinski definition) is 3. The molecular weight excluding hydrogens is 166 g/mol. The van der Waals surface area contributed by atoms with Crippen LogP contribution in [0.4, 0.5) is 0 Å². The Kier molecular flexibility index (Phi) is 5.01. The minimum Gasteiger partial charge on any atom is -0.396 e. The van der Waals surface area contributed by atoms with E-state index in [1.807, 2.05) is 0 Å². The van der Waals surface area contributed by atoms with Crippen molar-refractivity contribution >= 4 is 12.4 Å². The first kappa shape index (κ1) is 11.2. The van der Waals surface area contributed by atoms with Crippen LogP contribution in [0.1, 0.15) is 12.8 Å². The number of ether oxygens (including phenoxy) is 1. The number of aliphatic hydroxyl groups is 1. The highest BCUT2D eigenvalue weighted by molar-refractivity contribution is 5.85. The van der Waals surface area contributed by atoms with E-state index in [9.17, 15) is 0 Å². The summed E-state index contributed by atoms with van der Waals surface area (Å²) in [6.07, 6.45) is 1.81. The third-order valence-electron chi connectivity index (χ3n) is 2.32. The Morgan fingerprint density at radius 2 is 1.91 bits per heavy atom. The molecule has 1 heterocycles. The van der Waals surface area contributed by atoms with E-state index in [0.29, 0.717) is 6.54 Å². The minimum absolute atomic E-state index is 0. The van der Waals surface area contributed by atoms with E-state index in [4.69, 9.17) is 15.6 Å². The normalized spacial score (nSPS) is 22.4. The van der Waals surface area contributed by atoms with Crippen molar-refractivity contribution < 1.29 is 9.84 Å². The maximum absolute atomic E-state index is 9.01. The summed E-state index contributed by atoms with van der Waals surface area (Å²) in [4.78, 5) is 0. The minimum atomic E-state index is -0.0295. The SMILES string of the molecule is Cl.NCC1(CO)CCOCC1. The monoisotopic (exact) mass is 181 g/mol. The number of aliphatic hydroxyl groups excluding tert-OH is 1. The fraction of sp³-hybridized carbons (Fsp3) is 1.00. The van der Waals surface area contributed by atoms with Crippen LogP contribution in [0.5, 0.6) is 0 Å². The summed E-state index contributed by atoms with van der Waals surface area (Å²) >= 11 is 0. The van der Waals surface area contributed by atoms with Crippen molar-refractivity contribution in [1.82, 2.24) is 0 Å². The molecule has 1 rings (SSSR count). The van der Waals surface area contributed by atoms with Crippen molar-refractivity contribution in [3.05, 3.63) is 0 Å². The summed E-state index contributed by atoms with van der Waals surface area (Å²) in [5.41, 5.74) is 5.50. The van der Waals surface area contributed by atoms with E-state index >= 15 is 0 Å². The van der Waals surface area contributed by atoms with Crippen LogP contribution in [0.25, 0.3) is 0 Å². The van der Waals surface area contributed by atoms with Gasteiger partial charge in [-0.15, -0.1) is 12.4 Å². The van der Waals surface area contributed by atoms with Gasteiger partial charge in [-0.2, -0.15) is 0 Å². The Bertz CT molecular complexity index is 98.6. The Hall–Kier alpha value is 0.170. The zero-order chi connectivity index (χ0) is 7.45. The number of hydrogen-bond donors (Lipinski definition) is 2. The molecule has 0 amide bonds. The van der Waals surface area contributed by atoms with Crippen LogP contribution in [0, 0.1) is 5.41 Å². The van der Waals surface area contributed by atoms with Crippen LogP contribution in [0.2, 0.25) is 0 Å². The van der Waals surface area contributed by atoms with Gasteiger partial charge in [-0.3, -0.25) is 0 Å². The molecule has 11 heavy (non-hydrogen) atoms. The van der Waals surface area contributed by atoms with E-state index in [-0.39, 0.29) is 24.4 Å². The molecule has 68 valence electrons. The molecule has 0 radical (unpaired) electrons. The highest BCUT2D eigenvalue weighted by Gasteiger charge is 2.29. The highest BCUT2D eigenvalue weighted by atomic mass is 35.5. The van der Waals surface area contributed by atoms with Gasteiger partial charge in [-0.25, -0.2) is 0 Å². The summed E-state index contributed by atoms with van der Waals surface area (Å²) in [6, 6.07) is 0. The Morgan fingerprint density at radius 1 is 1.36 bits per heavy atom. The maximum Gasteiger partial charge on any atom is 0.0501 e. The van der Waals surface area contributed by atoms with E-state index in [2.05, 4.69) is 0 Å². The van der Waals surface area contributed by atoms with E-state index in [1.165, 1.54) is 0 Å². The average molecular weight is 182 g/mol. The fourth-order valence-corrected chi connectivity index (χ4v) is 1.23. The fourth-order valence-electron chi connectivity index (χ4n) is 1.23. The lowest BCUT2D eigenvalue weighted by Crippen LogP contribution is -2.39. The van der Waals surface area contributed by atoms with Gasteiger partial charge in [-0.1, -0.05) is 0 Å². The lowest BCUT2D eigenvalue weighted by atomic mass is 9.81. The lowest BCUT2D eigenvalue weighted by Gasteiger charge is -2.33. The molecule has 1 aliphatic rings. The van der Waals surface area contributed by atoms with Crippen LogP contribution in [0.15, 0.2) is 0 Å². The molecule has 0 aliphatic carbocycles. The quantitative estimate of drug-likeness (QED) is 0.638. The zero-order valence-electron chi connectivity index (χ0n) is 6.58. The second kappa shape index (κ2) is 4.93. The molecule has 0 aromatic carbocycles. The third-order valence-corrected chi connectivity index (χ3v) is 2.32. The summed E-state index contributed by atoms with van der Waals surface area (Å²) in [6.45, 7) is 2.27. The van der Waals surface area contributed by atoms with Gasteiger partial charge >= 0.3 is 0 Å². The molecule has 1 fully saturated rings. The predicted molar refractivity (Wildman–Crippen MR) is 45.9 cm³/mol. The molecule has 3 N–H and O–H groups in total.